The van der Waals surface area contributed by atoms with Crippen molar-refractivity contribution in [2.24, 2.45) is 17.8 Å². The van der Waals surface area contributed by atoms with Gasteiger partial charge in [-0.2, -0.15) is 5.10 Å². The van der Waals surface area contributed by atoms with Crippen LogP contribution in [0.3, 0.4) is 0 Å². The van der Waals surface area contributed by atoms with Gasteiger partial charge in [0.2, 0.25) is 5.91 Å². The van der Waals surface area contributed by atoms with Gasteiger partial charge in [-0.3, -0.25) is 9.89 Å². The third-order valence-electron chi connectivity index (χ3n) is 6.03. The van der Waals surface area contributed by atoms with Crippen molar-refractivity contribution in [1.82, 2.24) is 15.1 Å². The van der Waals surface area contributed by atoms with E-state index in [0.717, 1.165) is 0 Å². The molecule has 27 heavy (non-hydrogen) atoms. The zero-order valence-electron chi connectivity index (χ0n) is 14.6. The third kappa shape index (κ3) is 2.81. The highest BCUT2D eigenvalue weighted by atomic mass is 35.5. The van der Waals surface area contributed by atoms with E-state index in [2.05, 4.69) is 10.2 Å². The van der Waals surface area contributed by atoms with Crippen LogP contribution in [0, 0.1) is 23.6 Å². The lowest BCUT2D eigenvalue weighted by molar-refractivity contribution is -0.182. The Bertz CT molecular complexity index is 889. The standard InChI is InChI=1S/C18H19ClF3N3O2/c1-8(26)25-6-9-2-3-10(7-25)14(9)18(21,22)17(27)13-15(20)12(19)4-11-5-23-24-16(11)13/h4-5,9-10,14,17,27H,2-3,6-7H2,1H3,(H,23,24)/t9-,10+,14?,17?. The van der Waals surface area contributed by atoms with Crippen LogP contribution < -0.4 is 0 Å². The van der Waals surface area contributed by atoms with Crippen LogP contribution in [0.15, 0.2) is 12.3 Å². The normalized spacial score (nSPS) is 26.6. The number of benzene rings is 1. The summed E-state index contributed by atoms with van der Waals surface area (Å²) in [5, 5.41) is 16.8. The number of carbonyl (C=O) groups is 1. The number of aliphatic hydroxyl groups is 1. The Morgan fingerprint density at radius 2 is 2.04 bits per heavy atom. The third-order valence-corrected chi connectivity index (χ3v) is 6.30. The first kappa shape index (κ1) is 18.6. The number of carbonyl (C=O) groups excluding carboxylic acids is 1. The van der Waals surface area contributed by atoms with E-state index in [9.17, 15) is 14.3 Å². The molecule has 0 radical (unpaired) electrons. The highest BCUT2D eigenvalue weighted by Crippen LogP contribution is 2.54. The second-order valence-electron chi connectivity index (χ2n) is 7.54. The number of fused-ring (bicyclic) bond motifs is 3. The molecule has 2 N–H and O–H groups in total. The van der Waals surface area contributed by atoms with Crippen molar-refractivity contribution in [3.05, 3.63) is 28.7 Å². The summed E-state index contributed by atoms with van der Waals surface area (Å²) in [5.74, 6) is -6.78. The molecule has 1 aliphatic heterocycles. The monoisotopic (exact) mass is 401 g/mol. The number of aromatic nitrogens is 2. The van der Waals surface area contributed by atoms with Crippen molar-refractivity contribution in [3.63, 3.8) is 0 Å². The summed E-state index contributed by atoms with van der Waals surface area (Å²) in [6.07, 6.45) is 0.0816. The molecule has 1 saturated heterocycles. The molecule has 2 heterocycles. The fraction of sp³-hybridized carbons (Fsp3) is 0.556. The van der Waals surface area contributed by atoms with Gasteiger partial charge in [0.25, 0.3) is 5.92 Å². The molecule has 146 valence electrons. The van der Waals surface area contributed by atoms with Crippen molar-refractivity contribution >= 4 is 28.4 Å². The molecule has 2 aromatic rings. The van der Waals surface area contributed by atoms with Crippen LogP contribution in [0.4, 0.5) is 13.2 Å². The summed E-state index contributed by atoms with van der Waals surface area (Å²) in [6.45, 7) is 1.88. The molecular formula is C18H19ClF3N3O2. The summed E-state index contributed by atoms with van der Waals surface area (Å²) >= 11 is 5.84. The van der Waals surface area contributed by atoms with Gasteiger partial charge in [0.05, 0.1) is 16.7 Å². The van der Waals surface area contributed by atoms with E-state index in [1.807, 2.05) is 0 Å². The Hall–Kier alpha value is -1.80. The summed E-state index contributed by atoms with van der Waals surface area (Å²) in [6, 6.07) is 1.28. The first-order valence-electron chi connectivity index (χ1n) is 8.84. The first-order chi connectivity index (χ1) is 12.7. The minimum absolute atomic E-state index is 0.0117. The van der Waals surface area contributed by atoms with Crippen LogP contribution >= 0.6 is 11.6 Å². The molecule has 1 amide bonds. The predicted molar refractivity (Wildman–Crippen MR) is 92.9 cm³/mol. The minimum Gasteiger partial charge on any atom is -0.382 e. The van der Waals surface area contributed by atoms with Crippen LogP contribution in [-0.2, 0) is 4.79 Å². The molecule has 1 aromatic heterocycles. The van der Waals surface area contributed by atoms with Crippen LogP contribution in [0.5, 0.6) is 0 Å². The van der Waals surface area contributed by atoms with Crippen molar-refractivity contribution in [2.45, 2.75) is 31.8 Å². The van der Waals surface area contributed by atoms with Gasteiger partial charge in [-0.1, -0.05) is 11.6 Å². The van der Waals surface area contributed by atoms with Crippen LogP contribution in [0.1, 0.15) is 31.4 Å². The SMILES string of the molecule is CC(=O)N1C[C@H]2CC[C@@H](C1)C2C(F)(F)C(O)c1c(F)c(Cl)cc2cn[nH]c12. The molecule has 2 bridgehead atoms. The van der Waals surface area contributed by atoms with Gasteiger partial charge in [0, 0.05) is 36.9 Å². The highest BCUT2D eigenvalue weighted by Gasteiger charge is 2.59. The van der Waals surface area contributed by atoms with Crippen LogP contribution in [0.25, 0.3) is 10.9 Å². The number of hydrogen-bond donors (Lipinski definition) is 2. The Balaban J connectivity index is 1.72. The number of hydrogen-bond acceptors (Lipinski definition) is 3. The summed E-state index contributed by atoms with van der Waals surface area (Å²) in [7, 11) is 0. The maximum absolute atomic E-state index is 15.4. The number of H-pyrrole nitrogens is 1. The fourth-order valence-electron chi connectivity index (χ4n) is 4.80. The summed E-state index contributed by atoms with van der Waals surface area (Å²) in [4.78, 5) is 13.2. The zero-order chi connectivity index (χ0) is 19.5. The van der Waals surface area contributed by atoms with E-state index >= 15 is 8.78 Å². The van der Waals surface area contributed by atoms with Gasteiger partial charge in [-0.15, -0.1) is 0 Å². The van der Waals surface area contributed by atoms with E-state index in [-0.39, 0.29) is 29.5 Å². The van der Waals surface area contributed by atoms with E-state index in [1.54, 1.807) is 4.90 Å². The maximum atomic E-state index is 15.4. The van der Waals surface area contributed by atoms with Gasteiger partial charge < -0.3 is 10.0 Å². The van der Waals surface area contributed by atoms with Crippen LogP contribution in [0.2, 0.25) is 5.02 Å². The van der Waals surface area contributed by atoms with E-state index in [4.69, 9.17) is 11.6 Å². The van der Waals surface area contributed by atoms with Gasteiger partial charge in [0.1, 0.15) is 11.9 Å². The molecular weight excluding hydrogens is 383 g/mol. The smallest absolute Gasteiger partial charge is 0.281 e. The molecule has 2 unspecified atom stereocenters. The number of likely N-dealkylation sites (tertiary alicyclic amines) is 1. The largest absolute Gasteiger partial charge is 0.382 e. The topological polar surface area (TPSA) is 69.2 Å². The Labute approximate surface area is 158 Å². The van der Waals surface area contributed by atoms with Crippen molar-refractivity contribution in [2.75, 3.05) is 13.1 Å². The number of aromatic amines is 1. The molecule has 9 heteroatoms. The Kier molecular flexibility index (Phi) is 4.38. The number of nitrogens with zero attached hydrogens (tertiary/aromatic N) is 2. The summed E-state index contributed by atoms with van der Waals surface area (Å²) < 4.78 is 45.4. The summed E-state index contributed by atoms with van der Waals surface area (Å²) in [5.41, 5.74) is -0.550. The molecule has 1 aliphatic carbocycles. The van der Waals surface area contributed by atoms with Crippen LogP contribution in [-0.4, -0.2) is 45.1 Å². The number of halogens is 4. The molecule has 5 nitrogen and oxygen atoms in total. The number of rotatable bonds is 3. The average molecular weight is 402 g/mol. The molecule has 2 fully saturated rings. The molecule has 4 atom stereocenters. The lowest BCUT2D eigenvalue weighted by atomic mass is 9.77. The second kappa shape index (κ2) is 6.38. The average Bonchev–Trinajstić information content (AvgIpc) is 3.17. The first-order valence-corrected chi connectivity index (χ1v) is 9.22. The number of piperidine rings is 1. The lowest BCUT2D eigenvalue weighted by Crippen LogP contribution is -2.51. The number of aliphatic hydroxyl groups excluding tert-OH is 1. The van der Waals surface area contributed by atoms with Gasteiger partial charge in [0.15, 0.2) is 0 Å². The minimum atomic E-state index is -3.57. The molecule has 4 rings (SSSR count). The predicted octanol–water partition coefficient (Wildman–Crippen LogP) is 3.53. The van der Waals surface area contributed by atoms with E-state index < -0.39 is 41.2 Å². The molecule has 1 saturated carbocycles. The fourth-order valence-corrected chi connectivity index (χ4v) is 5.02. The molecule has 1 aromatic carbocycles. The quantitative estimate of drug-likeness (QED) is 0.826. The van der Waals surface area contributed by atoms with E-state index in [1.165, 1.54) is 19.2 Å². The van der Waals surface area contributed by atoms with Crippen molar-refractivity contribution < 1.29 is 23.1 Å². The maximum Gasteiger partial charge on any atom is 0.281 e. The molecule has 2 aliphatic rings. The Morgan fingerprint density at radius 1 is 1.41 bits per heavy atom. The van der Waals surface area contributed by atoms with Gasteiger partial charge in [-0.25, -0.2) is 13.2 Å². The van der Waals surface area contributed by atoms with Crippen molar-refractivity contribution in [1.29, 1.82) is 0 Å². The van der Waals surface area contributed by atoms with Gasteiger partial charge in [-0.05, 0) is 30.7 Å². The van der Waals surface area contributed by atoms with Gasteiger partial charge >= 0.3 is 0 Å². The van der Waals surface area contributed by atoms with E-state index in [0.29, 0.717) is 18.2 Å². The molecule has 0 spiro atoms. The van der Waals surface area contributed by atoms with Crippen molar-refractivity contribution in [3.8, 4) is 0 Å². The number of nitrogens with one attached hydrogen (secondary N) is 1. The highest BCUT2D eigenvalue weighted by molar-refractivity contribution is 6.31. The lowest BCUT2D eigenvalue weighted by Gasteiger charge is -2.42. The zero-order valence-corrected chi connectivity index (χ0v) is 15.3. The Morgan fingerprint density at radius 3 is 2.63 bits per heavy atom. The second-order valence-corrected chi connectivity index (χ2v) is 7.95. The number of amides is 1. The number of alkyl halides is 2.